The summed E-state index contributed by atoms with van der Waals surface area (Å²) in [5.41, 5.74) is 1.71. The number of nitrogens with zero attached hydrogens (tertiary/aromatic N) is 1. The molecule has 9 heteroatoms. The Kier molecular flexibility index (Phi) is 6.12. The molecule has 29 heavy (non-hydrogen) atoms. The molecule has 0 aromatic heterocycles. The first kappa shape index (κ1) is 20.7. The molecule has 0 unspecified atom stereocenters. The predicted molar refractivity (Wildman–Crippen MR) is 111 cm³/mol. The van der Waals surface area contributed by atoms with Crippen LogP contribution in [0.15, 0.2) is 30.3 Å². The van der Waals surface area contributed by atoms with Gasteiger partial charge in [-0.1, -0.05) is 11.6 Å². The smallest absolute Gasteiger partial charge is 0.271 e. The van der Waals surface area contributed by atoms with Gasteiger partial charge in [-0.05, 0) is 32.9 Å². The molecular formula is C20H22ClN3O5. The van der Waals surface area contributed by atoms with Crippen molar-refractivity contribution in [3.8, 4) is 11.5 Å². The summed E-state index contributed by atoms with van der Waals surface area (Å²) >= 11 is 6.06. The molecule has 2 aromatic carbocycles. The van der Waals surface area contributed by atoms with Crippen LogP contribution in [-0.4, -0.2) is 29.6 Å². The first-order valence-corrected chi connectivity index (χ1v) is 9.64. The molecule has 0 fully saturated rings. The van der Waals surface area contributed by atoms with Crippen LogP contribution in [0.25, 0.3) is 0 Å². The van der Waals surface area contributed by atoms with E-state index in [1.165, 1.54) is 18.2 Å². The standard InChI is InChI=1S/C20H22ClN3O5/c1-4-28-19-8-13-7-11(2)29-18(13)10-17(19)22-12(3)20(25)23-16-9-14(24(26)27)5-6-15(16)21/h5-6,8-12,22H,4,7H2,1-3H3,(H,23,25)/t11-,12-/m1/s1. The molecular weight excluding hydrogens is 398 g/mol. The number of hydrogen-bond donors (Lipinski definition) is 2. The summed E-state index contributed by atoms with van der Waals surface area (Å²) in [5, 5.41) is 16.9. The number of halogens is 1. The lowest BCUT2D eigenvalue weighted by Crippen LogP contribution is -2.32. The fraction of sp³-hybridized carbons (Fsp3) is 0.350. The number of nitro groups is 1. The average Bonchev–Trinajstić information content (AvgIpc) is 3.02. The van der Waals surface area contributed by atoms with E-state index in [1.54, 1.807) is 6.92 Å². The zero-order chi connectivity index (χ0) is 21.1. The van der Waals surface area contributed by atoms with E-state index in [4.69, 9.17) is 21.1 Å². The van der Waals surface area contributed by atoms with E-state index in [9.17, 15) is 14.9 Å². The summed E-state index contributed by atoms with van der Waals surface area (Å²) in [6.07, 6.45) is 0.892. The highest BCUT2D eigenvalue weighted by molar-refractivity contribution is 6.33. The van der Waals surface area contributed by atoms with Gasteiger partial charge in [-0.2, -0.15) is 0 Å². The lowest BCUT2D eigenvalue weighted by molar-refractivity contribution is -0.384. The van der Waals surface area contributed by atoms with Crippen LogP contribution in [0.3, 0.4) is 0 Å². The molecule has 0 bridgehead atoms. The number of hydrogen-bond acceptors (Lipinski definition) is 6. The highest BCUT2D eigenvalue weighted by Crippen LogP contribution is 2.38. The Bertz CT molecular complexity index is 950. The number of nitro benzene ring substituents is 1. The van der Waals surface area contributed by atoms with Crippen molar-refractivity contribution >= 4 is 34.6 Å². The Labute approximate surface area is 173 Å². The van der Waals surface area contributed by atoms with Gasteiger partial charge in [0.1, 0.15) is 23.6 Å². The first-order chi connectivity index (χ1) is 13.8. The summed E-state index contributed by atoms with van der Waals surface area (Å²) in [7, 11) is 0. The van der Waals surface area contributed by atoms with Crippen LogP contribution in [0.4, 0.5) is 17.1 Å². The zero-order valence-corrected chi connectivity index (χ0v) is 17.1. The van der Waals surface area contributed by atoms with Crippen molar-refractivity contribution in [3.63, 3.8) is 0 Å². The van der Waals surface area contributed by atoms with Gasteiger partial charge in [-0.3, -0.25) is 14.9 Å². The average molecular weight is 420 g/mol. The number of carbonyl (C=O) groups is 1. The van der Waals surface area contributed by atoms with Crippen LogP contribution in [0.2, 0.25) is 5.02 Å². The number of rotatable bonds is 7. The maximum Gasteiger partial charge on any atom is 0.271 e. The SMILES string of the molecule is CCOc1cc2c(cc1N[C@H](C)C(=O)Nc1cc([N+](=O)[O-])ccc1Cl)O[C@H](C)C2. The number of amides is 1. The Morgan fingerprint density at radius 3 is 2.83 bits per heavy atom. The lowest BCUT2D eigenvalue weighted by Gasteiger charge is -2.19. The monoisotopic (exact) mass is 419 g/mol. The second kappa shape index (κ2) is 8.57. The minimum atomic E-state index is -0.665. The Balaban J connectivity index is 1.77. The van der Waals surface area contributed by atoms with Crippen molar-refractivity contribution in [2.75, 3.05) is 17.2 Å². The number of non-ortho nitro benzene ring substituents is 1. The number of fused-ring (bicyclic) bond motifs is 1. The molecule has 2 atom stereocenters. The Hall–Kier alpha value is -3.00. The maximum absolute atomic E-state index is 12.6. The number of anilines is 2. The Morgan fingerprint density at radius 2 is 2.14 bits per heavy atom. The summed E-state index contributed by atoms with van der Waals surface area (Å²) in [4.78, 5) is 23.0. The molecule has 0 saturated carbocycles. The first-order valence-electron chi connectivity index (χ1n) is 9.26. The normalized spacial score (nSPS) is 15.8. The second-order valence-corrected chi connectivity index (χ2v) is 7.21. The van der Waals surface area contributed by atoms with Gasteiger partial charge in [-0.25, -0.2) is 0 Å². The van der Waals surface area contributed by atoms with E-state index in [0.29, 0.717) is 18.0 Å². The van der Waals surface area contributed by atoms with Gasteiger partial charge in [0.05, 0.1) is 27.9 Å². The van der Waals surface area contributed by atoms with Crippen LogP contribution in [-0.2, 0) is 11.2 Å². The maximum atomic E-state index is 12.6. The van der Waals surface area contributed by atoms with Crippen LogP contribution in [0.1, 0.15) is 26.3 Å². The molecule has 2 aromatic rings. The van der Waals surface area contributed by atoms with Crippen LogP contribution < -0.4 is 20.1 Å². The van der Waals surface area contributed by atoms with Crippen LogP contribution in [0.5, 0.6) is 11.5 Å². The number of carbonyl (C=O) groups excluding carboxylic acids is 1. The number of benzene rings is 2. The highest BCUT2D eigenvalue weighted by Gasteiger charge is 2.24. The van der Waals surface area contributed by atoms with Gasteiger partial charge in [-0.15, -0.1) is 0 Å². The molecule has 1 amide bonds. The lowest BCUT2D eigenvalue weighted by atomic mass is 10.1. The van der Waals surface area contributed by atoms with Gasteiger partial charge in [0.15, 0.2) is 0 Å². The van der Waals surface area contributed by atoms with E-state index in [-0.39, 0.29) is 22.5 Å². The summed E-state index contributed by atoms with van der Waals surface area (Å²) in [6.45, 7) is 6.03. The summed E-state index contributed by atoms with van der Waals surface area (Å²) in [5.74, 6) is 0.999. The van der Waals surface area contributed by atoms with Crippen molar-refractivity contribution in [2.45, 2.75) is 39.3 Å². The van der Waals surface area contributed by atoms with Crippen LogP contribution >= 0.6 is 11.6 Å². The molecule has 1 aliphatic heterocycles. The highest BCUT2D eigenvalue weighted by atomic mass is 35.5. The van der Waals surface area contributed by atoms with E-state index in [1.807, 2.05) is 26.0 Å². The van der Waals surface area contributed by atoms with Gasteiger partial charge in [0, 0.05) is 30.2 Å². The van der Waals surface area contributed by atoms with E-state index in [0.717, 1.165) is 17.7 Å². The second-order valence-electron chi connectivity index (χ2n) is 6.80. The van der Waals surface area contributed by atoms with Gasteiger partial charge in [0.2, 0.25) is 5.91 Å². The molecule has 2 N–H and O–H groups in total. The molecule has 0 radical (unpaired) electrons. The molecule has 154 valence electrons. The van der Waals surface area contributed by atoms with Crippen molar-refractivity contribution < 1.29 is 19.2 Å². The molecule has 1 heterocycles. The summed E-state index contributed by atoms with van der Waals surface area (Å²) < 4.78 is 11.5. The number of nitrogens with one attached hydrogen (secondary N) is 2. The van der Waals surface area contributed by atoms with Crippen LogP contribution in [0, 0.1) is 10.1 Å². The number of ether oxygens (including phenoxy) is 2. The molecule has 3 rings (SSSR count). The van der Waals surface area contributed by atoms with E-state index >= 15 is 0 Å². The third kappa shape index (κ3) is 4.71. The van der Waals surface area contributed by atoms with E-state index in [2.05, 4.69) is 10.6 Å². The third-order valence-corrected chi connectivity index (χ3v) is 4.81. The molecule has 0 aliphatic carbocycles. The largest absolute Gasteiger partial charge is 0.492 e. The fourth-order valence-electron chi connectivity index (χ4n) is 3.09. The fourth-order valence-corrected chi connectivity index (χ4v) is 3.25. The topological polar surface area (TPSA) is 103 Å². The quantitative estimate of drug-likeness (QED) is 0.509. The van der Waals surface area contributed by atoms with Crippen molar-refractivity contribution in [1.82, 2.24) is 0 Å². The summed E-state index contributed by atoms with van der Waals surface area (Å²) in [6, 6.07) is 6.96. The zero-order valence-electron chi connectivity index (χ0n) is 16.3. The van der Waals surface area contributed by atoms with Gasteiger partial charge in [0.25, 0.3) is 5.69 Å². The molecule has 0 spiro atoms. The van der Waals surface area contributed by atoms with Crippen molar-refractivity contribution in [3.05, 3.63) is 51.0 Å². The minimum absolute atomic E-state index is 0.0893. The van der Waals surface area contributed by atoms with E-state index < -0.39 is 16.9 Å². The van der Waals surface area contributed by atoms with Crippen molar-refractivity contribution in [2.24, 2.45) is 0 Å². The van der Waals surface area contributed by atoms with Gasteiger partial charge < -0.3 is 20.1 Å². The predicted octanol–water partition coefficient (Wildman–Crippen LogP) is 4.41. The van der Waals surface area contributed by atoms with Crippen molar-refractivity contribution in [1.29, 1.82) is 0 Å². The Morgan fingerprint density at radius 1 is 1.38 bits per heavy atom. The molecule has 1 aliphatic rings. The molecule has 8 nitrogen and oxygen atoms in total. The third-order valence-electron chi connectivity index (χ3n) is 4.48. The minimum Gasteiger partial charge on any atom is -0.492 e. The molecule has 0 saturated heterocycles. The van der Waals surface area contributed by atoms with Gasteiger partial charge >= 0.3 is 0 Å².